The highest BCUT2D eigenvalue weighted by Gasteiger charge is 2.28. The fraction of sp³-hybridized carbons (Fsp3) is 0.241. The van der Waals surface area contributed by atoms with E-state index in [1.54, 1.807) is 49.6 Å². The maximum absolute atomic E-state index is 13.0. The van der Waals surface area contributed by atoms with E-state index in [0.29, 0.717) is 35.5 Å². The third-order valence-electron chi connectivity index (χ3n) is 6.16. The maximum atomic E-state index is 13.0. The number of carbonyl (C=O) groups excluding carboxylic acids is 1. The molecular formula is C29H28O8. The second-order valence-electron chi connectivity index (χ2n) is 8.34. The molecule has 0 radical (unpaired) electrons. The van der Waals surface area contributed by atoms with Gasteiger partial charge in [0.05, 0.1) is 45.3 Å². The number of ether oxygens (including phenoxy) is 4. The van der Waals surface area contributed by atoms with Crippen molar-refractivity contribution in [1.29, 1.82) is 0 Å². The molecule has 1 heterocycles. The summed E-state index contributed by atoms with van der Waals surface area (Å²) in [6.07, 6.45) is 0.447. The Morgan fingerprint density at radius 2 is 1.70 bits per heavy atom. The minimum atomic E-state index is -0.844. The predicted octanol–water partition coefficient (Wildman–Crippen LogP) is 4.83. The number of hydrogen-bond acceptors (Lipinski definition) is 8. The third kappa shape index (κ3) is 5.69. The Balaban J connectivity index is 1.68. The van der Waals surface area contributed by atoms with Crippen LogP contribution in [-0.4, -0.2) is 39.0 Å². The second kappa shape index (κ2) is 11.5. The van der Waals surface area contributed by atoms with E-state index in [-0.39, 0.29) is 23.3 Å². The van der Waals surface area contributed by atoms with Gasteiger partial charge in [0.1, 0.15) is 17.1 Å². The largest absolute Gasteiger partial charge is 0.507 e. The number of methoxy groups -OCH3 is 3. The summed E-state index contributed by atoms with van der Waals surface area (Å²) in [6.45, 7) is 0.358. The topological polar surface area (TPSA) is 104 Å². The van der Waals surface area contributed by atoms with Gasteiger partial charge < -0.3 is 28.5 Å². The zero-order chi connectivity index (χ0) is 26.4. The Labute approximate surface area is 214 Å². The summed E-state index contributed by atoms with van der Waals surface area (Å²) >= 11 is 0. The lowest BCUT2D eigenvalue weighted by Crippen LogP contribution is -2.18. The fourth-order valence-corrected chi connectivity index (χ4v) is 4.19. The van der Waals surface area contributed by atoms with Crippen LogP contribution in [0, 0.1) is 0 Å². The molecule has 1 aromatic heterocycles. The maximum Gasteiger partial charge on any atom is 0.343 e. The van der Waals surface area contributed by atoms with Crippen molar-refractivity contribution in [3.05, 3.63) is 93.8 Å². The van der Waals surface area contributed by atoms with Gasteiger partial charge in [0, 0.05) is 12.3 Å². The van der Waals surface area contributed by atoms with Crippen molar-refractivity contribution in [2.24, 2.45) is 0 Å². The zero-order valence-corrected chi connectivity index (χ0v) is 20.9. The van der Waals surface area contributed by atoms with Crippen molar-refractivity contribution in [2.45, 2.75) is 18.8 Å². The van der Waals surface area contributed by atoms with Crippen LogP contribution in [-0.2, 0) is 16.0 Å². The van der Waals surface area contributed by atoms with Crippen molar-refractivity contribution >= 4 is 16.9 Å². The number of benzene rings is 3. The van der Waals surface area contributed by atoms with Crippen LogP contribution in [0.3, 0.4) is 0 Å². The molecule has 192 valence electrons. The Bertz CT molecular complexity index is 1440. The van der Waals surface area contributed by atoms with E-state index in [1.807, 2.05) is 24.3 Å². The number of carbonyl (C=O) groups is 1. The fourth-order valence-electron chi connectivity index (χ4n) is 4.19. The van der Waals surface area contributed by atoms with Crippen molar-refractivity contribution < 1.29 is 33.3 Å². The molecule has 8 nitrogen and oxygen atoms in total. The first-order valence-electron chi connectivity index (χ1n) is 11.7. The van der Waals surface area contributed by atoms with E-state index in [2.05, 4.69) is 0 Å². The molecule has 0 aliphatic carbocycles. The molecule has 4 aromatic rings. The highest BCUT2D eigenvalue weighted by atomic mass is 16.5. The third-order valence-corrected chi connectivity index (χ3v) is 6.16. The van der Waals surface area contributed by atoms with Gasteiger partial charge in [-0.1, -0.05) is 30.3 Å². The van der Waals surface area contributed by atoms with Gasteiger partial charge in [0.15, 0.2) is 11.5 Å². The molecule has 4 rings (SSSR count). The van der Waals surface area contributed by atoms with Crippen LogP contribution in [0.25, 0.3) is 11.0 Å². The summed E-state index contributed by atoms with van der Waals surface area (Å²) in [6, 6.07) is 19.5. The smallest absolute Gasteiger partial charge is 0.343 e. The molecular weight excluding hydrogens is 476 g/mol. The van der Waals surface area contributed by atoms with Crippen LogP contribution in [0.1, 0.15) is 29.0 Å². The number of hydrogen-bond donors (Lipinski definition) is 1. The quantitative estimate of drug-likeness (QED) is 0.242. The lowest BCUT2D eigenvalue weighted by atomic mass is 9.88. The SMILES string of the molecule is COC(=O)C[C@H](c1ccc(OC)c(OCCc2ccc(OC)cc2)c1)c1c(O)c2ccccc2oc1=O. The van der Waals surface area contributed by atoms with Crippen LogP contribution in [0.4, 0.5) is 0 Å². The Morgan fingerprint density at radius 1 is 0.946 bits per heavy atom. The average molecular weight is 505 g/mol. The van der Waals surface area contributed by atoms with E-state index in [0.717, 1.165) is 11.3 Å². The summed E-state index contributed by atoms with van der Waals surface area (Å²) in [7, 11) is 4.41. The molecule has 3 aromatic carbocycles. The minimum Gasteiger partial charge on any atom is -0.507 e. The highest BCUT2D eigenvalue weighted by Crippen LogP contribution is 2.39. The van der Waals surface area contributed by atoms with Gasteiger partial charge in [0.2, 0.25) is 0 Å². The molecule has 0 aliphatic heterocycles. The molecule has 0 saturated carbocycles. The molecule has 0 bridgehead atoms. The molecule has 0 spiro atoms. The van der Waals surface area contributed by atoms with Crippen LogP contribution in [0.15, 0.2) is 75.9 Å². The summed E-state index contributed by atoms with van der Waals surface area (Å²) in [4.78, 5) is 25.3. The van der Waals surface area contributed by atoms with Crippen LogP contribution in [0.2, 0.25) is 0 Å². The van der Waals surface area contributed by atoms with Crippen molar-refractivity contribution in [1.82, 2.24) is 0 Å². The van der Waals surface area contributed by atoms with Crippen molar-refractivity contribution in [3.8, 4) is 23.0 Å². The van der Waals surface area contributed by atoms with Gasteiger partial charge in [-0.05, 0) is 47.5 Å². The van der Waals surface area contributed by atoms with Crippen molar-refractivity contribution in [3.63, 3.8) is 0 Å². The van der Waals surface area contributed by atoms with Gasteiger partial charge in [-0.15, -0.1) is 0 Å². The molecule has 0 fully saturated rings. The molecule has 0 aliphatic rings. The molecule has 1 atom stereocenters. The van der Waals surface area contributed by atoms with Gasteiger partial charge in [-0.3, -0.25) is 4.79 Å². The molecule has 0 unspecified atom stereocenters. The number of para-hydroxylation sites is 1. The van der Waals surface area contributed by atoms with E-state index in [4.69, 9.17) is 23.4 Å². The van der Waals surface area contributed by atoms with E-state index in [9.17, 15) is 14.7 Å². The Morgan fingerprint density at radius 3 is 2.41 bits per heavy atom. The first-order chi connectivity index (χ1) is 17.9. The minimum absolute atomic E-state index is 0.0292. The summed E-state index contributed by atoms with van der Waals surface area (Å²) in [5.41, 5.74) is 1.12. The molecule has 8 heteroatoms. The van der Waals surface area contributed by atoms with E-state index in [1.165, 1.54) is 14.2 Å². The standard InChI is InChI=1S/C29H28O8/c1-33-20-11-8-18(9-12-20)14-15-36-25-16-19(10-13-24(25)34-2)22(17-26(30)35-3)27-28(31)21-6-4-5-7-23(21)37-29(27)32/h4-13,16,22,31H,14-15,17H2,1-3H3/t22-/m1/s1. The second-order valence-corrected chi connectivity index (χ2v) is 8.34. The highest BCUT2D eigenvalue weighted by molar-refractivity contribution is 5.84. The normalized spacial score (nSPS) is 11.6. The summed E-state index contributed by atoms with van der Waals surface area (Å²) < 4.78 is 27.0. The van der Waals surface area contributed by atoms with E-state index < -0.39 is 17.5 Å². The van der Waals surface area contributed by atoms with Crippen LogP contribution in [0.5, 0.6) is 23.0 Å². The first kappa shape index (κ1) is 25.6. The van der Waals surface area contributed by atoms with Gasteiger partial charge >= 0.3 is 11.6 Å². The number of rotatable bonds is 10. The molecule has 0 amide bonds. The lowest BCUT2D eigenvalue weighted by molar-refractivity contribution is -0.140. The monoisotopic (exact) mass is 504 g/mol. The molecule has 37 heavy (non-hydrogen) atoms. The van der Waals surface area contributed by atoms with Crippen LogP contribution >= 0.6 is 0 Å². The van der Waals surface area contributed by atoms with Gasteiger partial charge in [0.25, 0.3) is 0 Å². The summed E-state index contributed by atoms with van der Waals surface area (Å²) in [5.74, 6) is 0.0756. The predicted molar refractivity (Wildman–Crippen MR) is 138 cm³/mol. The first-order valence-corrected chi connectivity index (χ1v) is 11.7. The number of aromatic hydroxyl groups is 1. The summed E-state index contributed by atoms with van der Waals surface area (Å²) in [5, 5.41) is 11.4. The van der Waals surface area contributed by atoms with Crippen LogP contribution < -0.4 is 19.8 Å². The Hall–Kier alpha value is -4.46. The van der Waals surface area contributed by atoms with Gasteiger partial charge in [-0.2, -0.15) is 0 Å². The van der Waals surface area contributed by atoms with Crippen molar-refractivity contribution in [2.75, 3.05) is 27.9 Å². The number of esters is 1. The van der Waals surface area contributed by atoms with E-state index >= 15 is 0 Å². The average Bonchev–Trinajstić information content (AvgIpc) is 2.92. The molecule has 1 N–H and O–H groups in total. The Kier molecular flexibility index (Phi) is 7.98. The van der Waals surface area contributed by atoms with Gasteiger partial charge in [-0.25, -0.2) is 4.79 Å². The zero-order valence-electron chi connectivity index (χ0n) is 20.9. The lowest BCUT2D eigenvalue weighted by Gasteiger charge is -2.19. The molecule has 0 saturated heterocycles. The number of fused-ring (bicyclic) bond motifs is 1.